The fourth-order valence-corrected chi connectivity index (χ4v) is 2.28. The van der Waals surface area contributed by atoms with Gasteiger partial charge in [0.2, 0.25) is 0 Å². The molecule has 0 aliphatic heterocycles. The number of hydrogen-bond donors (Lipinski definition) is 1. The first-order chi connectivity index (χ1) is 11.4. The van der Waals surface area contributed by atoms with Crippen LogP contribution in [-0.2, 0) is 27.8 Å². The number of ether oxygens (including phenoxy) is 2. The molecular weight excluding hydrogens is 310 g/mol. The SMILES string of the molecule is COc1cccc(CC(=O)OCC(=O)Nc2c(C)nn(C)c2C)c1. The van der Waals surface area contributed by atoms with Crippen LogP contribution in [0, 0.1) is 13.8 Å². The molecule has 0 radical (unpaired) electrons. The molecule has 1 heterocycles. The monoisotopic (exact) mass is 331 g/mol. The molecule has 0 bridgehead atoms. The Hall–Kier alpha value is -2.83. The van der Waals surface area contributed by atoms with E-state index in [-0.39, 0.29) is 13.0 Å². The van der Waals surface area contributed by atoms with Crippen molar-refractivity contribution < 1.29 is 19.1 Å². The lowest BCUT2D eigenvalue weighted by Gasteiger charge is -2.08. The predicted molar refractivity (Wildman–Crippen MR) is 89.0 cm³/mol. The van der Waals surface area contributed by atoms with Gasteiger partial charge >= 0.3 is 5.97 Å². The topological polar surface area (TPSA) is 82.4 Å². The molecule has 0 spiro atoms. The van der Waals surface area contributed by atoms with Crippen molar-refractivity contribution in [3.8, 4) is 5.75 Å². The van der Waals surface area contributed by atoms with Gasteiger partial charge in [0, 0.05) is 7.05 Å². The summed E-state index contributed by atoms with van der Waals surface area (Å²) in [5.41, 5.74) is 2.96. The first kappa shape index (κ1) is 17.5. The summed E-state index contributed by atoms with van der Waals surface area (Å²) < 4.78 is 11.8. The predicted octanol–water partition coefficient (Wildman–Crippen LogP) is 1.77. The van der Waals surface area contributed by atoms with Gasteiger partial charge in [0.05, 0.1) is 30.6 Å². The zero-order valence-corrected chi connectivity index (χ0v) is 14.3. The van der Waals surface area contributed by atoms with Gasteiger partial charge in [-0.1, -0.05) is 12.1 Å². The molecule has 7 heteroatoms. The van der Waals surface area contributed by atoms with E-state index in [0.29, 0.717) is 17.1 Å². The van der Waals surface area contributed by atoms with Crippen molar-refractivity contribution in [2.24, 2.45) is 7.05 Å². The largest absolute Gasteiger partial charge is 0.497 e. The Balaban J connectivity index is 1.86. The summed E-state index contributed by atoms with van der Waals surface area (Å²) in [6.07, 6.45) is 0.0788. The van der Waals surface area contributed by atoms with Gasteiger partial charge in [-0.2, -0.15) is 5.10 Å². The summed E-state index contributed by atoms with van der Waals surface area (Å²) in [6.45, 7) is 3.32. The quantitative estimate of drug-likeness (QED) is 0.816. The van der Waals surface area contributed by atoms with E-state index in [1.165, 1.54) is 0 Å². The molecule has 0 unspecified atom stereocenters. The maximum absolute atomic E-state index is 11.9. The first-order valence-corrected chi connectivity index (χ1v) is 7.49. The van der Waals surface area contributed by atoms with Crippen LogP contribution >= 0.6 is 0 Å². The number of rotatable bonds is 6. The van der Waals surface area contributed by atoms with Crippen LogP contribution in [0.3, 0.4) is 0 Å². The number of nitrogens with one attached hydrogen (secondary N) is 1. The minimum absolute atomic E-state index is 0.0788. The van der Waals surface area contributed by atoms with E-state index >= 15 is 0 Å². The Morgan fingerprint density at radius 3 is 2.67 bits per heavy atom. The third-order valence-electron chi connectivity index (χ3n) is 3.62. The molecule has 1 amide bonds. The average Bonchev–Trinajstić information content (AvgIpc) is 2.79. The molecule has 24 heavy (non-hydrogen) atoms. The highest BCUT2D eigenvalue weighted by Gasteiger charge is 2.14. The second-order valence-electron chi connectivity index (χ2n) is 5.41. The van der Waals surface area contributed by atoms with E-state index in [1.807, 2.05) is 6.92 Å². The van der Waals surface area contributed by atoms with E-state index in [4.69, 9.17) is 9.47 Å². The maximum Gasteiger partial charge on any atom is 0.310 e. The zero-order valence-electron chi connectivity index (χ0n) is 14.3. The van der Waals surface area contributed by atoms with Crippen LogP contribution in [0.5, 0.6) is 5.75 Å². The van der Waals surface area contributed by atoms with Gasteiger partial charge in [-0.25, -0.2) is 0 Å². The lowest BCUT2D eigenvalue weighted by atomic mass is 10.1. The maximum atomic E-state index is 11.9. The number of aryl methyl sites for hydroxylation is 2. The van der Waals surface area contributed by atoms with Crippen LogP contribution in [0.15, 0.2) is 24.3 Å². The number of nitrogens with zero attached hydrogens (tertiary/aromatic N) is 2. The number of hydrogen-bond acceptors (Lipinski definition) is 5. The molecule has 0 aliphatic rings. The molecular formula is C17H21N3O4. The molecule has 0 aliphatic carbocycles. The van der Waals surface area contributed by atoms with Gasteiger partial charge in [-0.05, 0) is 31.5 Å². The number of esters is 1. The Kier molecular flexibility index (Phi) is 5.57. The van der Waals surface area contributed by atoms with E-state index in [9.17, 15) is 9.59 Å². The minimum Gasteiger partial charge on any atom is -0.497 e. The second-order valence-corrected chi connectivity index (χ2v) is 5.41. The van der Waals surface area contributed by atoms with Gasteiger partial charge in [-0.15, -0.1) is 0 Å². The molecule has 0 saturated heterocycles. The molecule has 1 aromatic carbocycles. The molecule has 7 nitrogen and oxygen atoms in total. The summed E-state index contributed by atoms with van der Waals surface area (Å²) in [5, 5.41) is 6.93. The standard InChI is InChI=1S/C17H21N3O4/c1-11-17(12(2)20(3)19-11)18-15(21)10-24-16(22)9-13-6-5-7-14(8-13)23-4/h5-8H,9-10H2,1-4H3,(H,18,21). The number of carbonyl (C=O) groups is 2. The van der Waals surface area contributed by atoms with Crippen molar-refractivity contribution in [2.75, 3.05) is 19.0 Å². The summed E-state index contributed by atoms with van der Waals surface area (Å²) >= 11 is 0. The summed E-state index contributed by atoms with van der Waals surface area (Å²) in [5.74, 6) is -0.202. The van der Waals surface area contributed by atoms with Gasteiger partial charge in [0.1, 0.15) is 5.75 Å². The Labute approximate surface area is 140 Å². The molecule has 2 rings (SSSR count). The Morgan fingerprint density at radius 2 is 2.04 bits per heavy atom. The second kappa shape index (κ2) is 7.63. The zero-order chi connectivity index (χ0) is 17.7. The van der Waals surface area contributed by atoms with Crippen molar-refractivity contribution in [1.29, 1.82) is 0 Å². The van der Waals surface area contributed by atoms with Crippen LogP contribution in [0.25, 0.3) is 0 Å². The van der Waals surface area contributed by atoms with E-state index in [1.54, 1.807) is 50.0 Å². The average molecular weight is 331 g/mol. The molecule has 0 saturated carbocycles. The summed E-state index contributed by atoms with van der Waals surface area (Å²) in [7, 11) is 3.36. The third-order valence-corrected chi connectivity index (χ3v) is 3.62. The van der Waals surface area contributed by atoms with Crippen molar-refractivity contribution in [3.63, 3.8) is 0 Å². The van der Waals surface area contributed by atoms with Crippen molar-refractivity contribution in [3.05, 3.63) is 41.2 Å². The van der Waals surface area contributed by atoms with E-state index in [2.05, 4.69) is 10.4 Å². The molecule has 128 valence electrons. The number of carbonyl (C=O) groups excluding carboxylic acids is 2. The third kappa shape index (κ3) is 4.34. The fourth-order valence-electron chi connectivity index (χ4n) is 2.28. The van der Waals surface area contributed by atoms with E-state index in [0.717, 1.165) is 11.3 Å². The lowest BCUT2D eigenvalue weighted by molar-refractivity contribution is -0.146. The smallest absolute Gasteiger partial charge is 0.310 e. The highest BCUT2D eigenvalue weighted by molar-refractivity contribution is 5.93. The minimum atomic E-state index is -0.474. The number of aromatic nitrogens is 2. The molecule has 2 aromatic rings. The van der Waals surface area contributed by atoms with Crippen molar-refractivity contribution in [2.45, 2.75) is 20.3 Å². The fraction of sp³-hybridized carbons (Fsp3) is 0.353. The Bertz CT molecular complexity index is 752. The van der Waals surface area contributed by atoms with Gasteiger partial charge in [0.25, 0.3) is 5.91 Å². The normalized spacial score (nSPS) is 10.3. The number of benzene rings is 1. The lowest BCUT2D eigenvalue weighted by Crippen LogP contribution is -2.22. The highest BCUT2D eigenvalue weighted by atomic mass is 16.5. The molecule has 0 fully saturated rings. The van der Waals surface area contributed by atoms with Crippen LogP contribution < -0.4 is 10.1 Å². The number of anilines is 1. The van der Waals surface area contributed by atoms with Crippen LogP contribution in [0.2, 0.25) is 0 Å². The van der Waals surface area contributed by atoms with Crippen LogP contribution in [-0.4, -0.2) is 35.4 Å². The summed E-state index contributed by atoms with van der Waals surface area (Å²) in [6, 6.07) is 7.14. The van der Waals surface area contributed by atoms with E-state index < -0.39 is 11.9 Å². The van der Waals surface area contributed by atoms with Gasteiger partial charge in [-0.3, -0.25) is 14.3 Å². The first-order valence-electron chi connectivity index (χ1n) is 7.49. The molecule has 1 N–H and O–H groups in total. The van der Waals surface area contributed by atoms with Crippen molar-refractivity contribution >= 4 is 17.6 Å². The summed E-state index contributed by atoms with van der Waals surface area (Å²) in [4.78, 5) is 23.8. The van der Waals surface area contributed by atoms with Gasteiger partial charge < -0.3 is 14.8 Å². The van der Waals surface area contributed by atoms with Crippen LogP contribution in [0.4, 0.5) is 5.69 Å². The molecule has 0 atom stereocenters. The number of methoxy groups -OCH3 is 1. The molecule has 1 aromatic heterocycles. The highest BCUT2D eigenvalue weighted by Crippen LogP contribution is 2.18. The van der Waals surface area contributed by atoms with Crippen LogP contribution in [0.1, 0.15) is 17.0 Å². The number of amides is 1. The Morgan fingerprint density at radius 1 is 1.29 bits per heavy atom. The van der Waals surface area contributed by atoms with Crippen molar-refractivity contribution in [1.82, 2.24) is 9.78 Å². The van der Waals surface area contributed by atoms with Gasteiger partial charge in [0.15, 0.2) is 6.61 Å².